The number of amides is 2. The molecule has 74 valence electrons. The lowest BCUT2D eigenvalue weighted by molar-refractivity contribution is 0.265. The van der Waals surface area contributed by atoms with Gasteiger partial charge in [-0.3, -0.25) is 9.59 Å². The van der Waals surface area contributed by atoms with Crippen LogP contribution in [0.4, 0.5) is 15.3 Å². The molecular weight excluding hydrogens is 200 g/mol. The van der Waals surface area contributed by atoms with Crippen LogP contribution >= 0.6 is 11.8 Å². The van der Waals surface area contributed by atoms with Crippen LogP contribution in [-0.2, 0) is 0 Å². The van der Waals surface area contributed by atoms with Crippen molar-refractivity contribution in [1.29, 1.82) is 0 Å². The van der Waals surface area contributed by atoms with E-state index in [4.69, 9.17) is 5.73 Å². The highest BCUT2D eigenvalue weighted by atomic mass is 32.2. The molecule has 0 fully saturated rings. The van der Waals surface area contributed by atoms with Gasteiger partial charge in [0.1, 0.15) is 0 Å². The normalized spacial score (nSPS) is 9.50. The Morgan fingerprint density at radius 1 is 1.29 bits per heavy atom. The zero-order valence-electron chi connectivity index (χ0n) is 7.61. The first-order valence-electron chi connectivity index (χ1n) is 3.93. The van der Waals surface area contributed by atoms with Crippen molar-refractivity contribution in [3.63, 3.8) is 0 Å². The minimum absolute atomic E-state index is 0.442. The van der Waals surface area contributed by atoms with E-state index in [1.54, 1.807) is 12.1 Å². The molecule has 1 rings (SSSR count). The van der Waals surface area contributed by atoms with Crippen LogP contribution in [0, 0.1) is 6.92 Å². The minimum atomic E-state index is -0.713. The third-order valence-electron chi connectivity index (χ3n) is 1.49. The first-order valence-corrected chi connectivity index (χ1v) is 4.74. The van der Waals surface area contributed by atoms with Gasteiger partial charge in [-0.25, -0.2) is 0 Å². The summed E-state index contributed by atoms with van der Waals surface area (Å²) in [5.41, 5.74) is 6.58. The van der Waals surface area contributed by atoms with Crippen LogP contribution in [0.1, 0.15) is 5.56 Å². The summed E-state index contributed by atoms with van der Waals surface area (Å²) in [6.45, 7) is 1.95. The highest BCUT2D eigenvalue weighted by Crippen LogP contribution is 2.12. The predicted octanol–water partition coefficient (Wildman–Crippen LogP) is 2.34. The van der Waals surface area contributed by atoms with E-state index >= 15 is 0 Å². The van der Waals surface area contributed by atoms with Crippen molar-refractivity contribution in [2.75, 3.05) is 5.32 Å². The van der Waals surface area contributed by atoms with Gasteiger partial charge in [-0.1, -0.05) is 17.7 Å². The van der Waals surface area contributed by atoms with E-state index < -0.39 is 10.5 Å². The van der Waals surface area contributed by atoms with Crippen LogP contribution in [0.5, 0.6) is 0 Å². The summed E-state index contributed by atoms with van der Waals surface area (Å²) in [4.78, 5) is 21.4. The summed E-state index contributed by atoms with van der Waals surface area (Å²) in [5.74, 6) is 0. The largest absolute Gasteiger partial charge is 0.360 e. The Hall–Kier alpha value is -1.49. The van der Waals surface area contributed by atoms with Crippen molar-refractivity contribution in [1.82, 2.24) is 0 Å². The maximum atomic E-state index is 11.1. The van der Waals surface area contributed by atoms with Crippen LogP contribution in [-0.4, -0.2) is 10.5 Å². The number of benzene rings is 1. The predicted molar refractivity (Wildman–Crippen MR) is 57.4 cm³/mol. The molecule has 0 aliphatic rings. The van der Waals surface area contributed by atoms with Crippen LogP contribution in [0.15, 0.2) is 24.3 Å². The van der Waals surface area contributed by atoms with E-state index in [1.807, 2.05) is 19.1 Å². The molecule has 0 aliphatic carbocycles. The minimum Gasteiger partial charge on any atom is -0.360 e. The van der Waals surface area contributed by atoms with Crippen molar-refractivity contribution in [2.45, 2.75) is 6.92 Å². The van der Waals surface area contributed by atoms with Crippen molar-refractivity contribution < 1.29 is 9.59 Å². The lowest BCUT2D eigenvalue weighted by Crippen LogP contribution is -2.12. The molecule has 3 N–H and O–H groups in total. The molecular formula is C9H10N2O2S. The van der Waals surface area contributed by atoms with E-state index in [1.165, 1.54) is 0 Å². The summed E-state index contributed by atoms with van der Waals surface area (Å²) >= 11 is 0.442. The van der Waals surface area contributed by atoms with E-state index in [2.05, 4.69) is 5.32 Å². The Labute approximate surface area is 85.9 Å². The smallest absolute Gasteiger partial charge is 0.292 e. The molecule has 0 aromatic heterocycles. The summed E-state index contributed by atoms with van der Waals surface area (Å²) in [6.07, 6.45) is 0. The Bertz CT molecular complexity index is 348. The molecule has 0 aliphatic heterocycles. The van der Waals surface area contributed by atoms with E-state index in [0.29, 0.717) is 17.4 Å². The summed E-state index contributed by atoms with van der Waals surface area (Å²) in [7, 11) is 0. The molecule has 0 radical (unpaired) electrons. The lowest BCUT2D eigenvalue weighted by atomic mass is 10.2. The fourth-order valence-corrected chi connectivity index (χ4v) is 1.22. The van der Waals surface area contributed by atoms with Gasteiger partial charge in [0, 0.05) is 17.4 Å². The van der Waals surface area contributed by atoms with Crippen molar-refractivity contribution in [2.24, 2.45) is 5.73 Å². The topological polar surface area (TPSA) is 72.2 Å². The van der Waals surface area contributed by atoms with Crippen LogP contribution in [0.25, 0.3) is 0 Å². The SMILES string of the molecule is Cc1ccc(NC(=O)SC(N)=O)cc1. The number of thioether (sulfide) groups is 1. The number of carbonyl (C=O) groups is 2. The number of rotatable bonds is 1. The molecule has 1 aromatic carbocycles. The van der Waals surface area contributed by atoms with Gasteiger partial charge in [0.25, 0.3) is 10.5 Å². The third-order valence-corrected chi connectivity index (χ3v) is 1.98. The quantitative estimate of drug-likeness (QED) is 0.747. The van der Waals surface area contributed by atoms with Gasteiger partial charge in [-0.05, 0) is 19.1 Å². The third kappa shape index (κ3) is 3.49. The van der Waals surface area contributed by atoms with Crippen LogP contribution in [0.3, 0.4) is 0 Å². The molecule has 2 amide bonds. The van der Waals surface area contributed by atoms with Gasteiger partial charge in [0.2, 0.25) is 0 Å². The van der Waals surface area contributed by atoms with Crippen molar-refractivity contribution in [3.8, 4) is 0 Å². The fraction of sp³-hybridized carbons (Fsp3) is 0.111. The Balaban J connectivity index is 2.56. The second kappa shape index (κ2) is 4.66. The number of anilines is 1. The average molecular weight is 210 g/mol. The number of nitrogens with two attached hydrogens (primary N) is 1. The maximum Gasteiger partial charge on any atom is 0.292 e. The fourth-order valence-electron chi connectivity index (χ4n) is 0.872. The lowest BCUT2D eigenvalue weighted by Gasteiger charge is -2.02. The molecule has 0 bridgehead atoms. The molecule has 0 saturated carbocycles. The van der Waals surface area contributed by atoms with E-state index in [9.17, 15) is 9.59 Å². The molecule has 1 aromatic rings. The number of hydrogen-bond donors (Lipinski definition) is 2. The zero-order valence-corrected chi connectivity index (χ0v) is 8.43. The Kier molecular flexibility index (Phi) is 3.53. The average Bonchev–Trinajstić information content (AvgIpc) is 2.07. The second-order valence-electron chi connectivity index (χ2n) is 2.70. The summed E-state index contributed by atoms with van der Waals surface area (Å²) < 4.78 is 0. The first kappa shape index (κ1) is 10.6. The number of aryl methyl sites for hydroxylation is 1. The van der Waals surface area contributed by atoms with Gasteiger partial charge >= 0.3 is 0 Å². The van der Waals surface area contributed by atoms with Gasteiger partial charge in [-0.2, -0.15) is 0 Å². The first-order chi connectivity index (χ1) is 6.58. The number of carbonyl (C=O) groups excluding carboxylic acids is 2. The van der Waals surface area contributed by atoms with Gasteiger partial charge in [0.05, 0.1) is 0 Å². The maximum absolute atomic E-state index is 11.1. The van der Waals surface area contributed by atoms with Gasteiger partial charge < -0.3 is 11.1 Å². The standard InChI is InChI=1S/C9H10N2O2S/c1-6-2-4-7(5-3-6)11-9(13)14-8(10)12/h2-5H,1H3,(H2,10,12)(H,11,13). The molecule has 0 saturated heterocycles. The Morgan fingerprint density at radius 2 is 1.86 bits per heavy atom. The molecule has 0 heterocycles. The molecule has 0 spiro atoms. The molecule has 0 atom stereocenters. The number of hydrogen-bond acceptors (Lipinski definition) is 3. The molecule has 5 heteroatoms. The second-order valence-corrected chi connectivity index (χ2v) is 3.68. The summed E-state index contributed by atoms with van der Waals surface area (Å²) in [6, 6.07) is 7.25. The molecule has 4 nitrogen and oxygen atoms in total. The Morgan fingerprint density at radius 3 is 2.36 bits per heavy atom. The highest BCUT2D eigenvalue weighted by molar-refractivity contribution is 8.26. The molecule has 14 heavy (non-hydrogen) atoms. The molecule has 0 unspecified atom stereocenters. The van der Waals surface area contributed by atoms with Gasteiger partial charge in [0.15, 0.2) is 0 Å². The number of primary amides is 1. The van der Waals surface area contributed by atoms with E-state index in [0.717, 1.165) is 5.56 Å². The number of nitrogens with one attached hydrogen (secondary N) is 1. The van der Waals surface area contributed by atoms with Crippen LogP contribution < -0.4 is 11.1 Å². The van der Waals surface area contributed by atoms with Gasteiger partial charge in [-0.15, -0.1) is 0 Å². The van der Waals surface area contributed by atoms with Crippen molar-refractivity contribution in [3.05, 3.63) is 29.8 Å². The summed E-state index contributed by atoms with van der Waals surface area (Å²) in [5, 5.41) is 1.34. The van der Waals surface area contributed by atoms with E-state index in [-0.39, 0.29) is 0 Å². The van der Waals surface area contributed by atoms with Crippen LogP contribution in [0.2, 0.25) is 0 Å². The monoisotopic (exact) mass is 210 g/mol. The van der Waals surface area contributed by atoms with Crippen molar-refractivity contribution >= 4 is 27.9 Å². The zero-order chi connectivity index (χ0) is 10.6. The highest BCUT2D eigenvalue weighted by Gasteiger charge is 2.06.